The summed E-state index contributed by atoms with van der Waals surface area (Å²) in [6.45, 7) is 6.26. The van der Waals surface area contributed by atoms with Gasteiger partial charge in [0.2, 0.25) is 11.9 Å². The van der Waals surface area contributed by atoms with Crippen LogP contribution in [0.4, 0.5) is 5.95 Å². The van der Waals surface area contributed by atoms with E-state index in [1.807, 2.05) is 0 Å². The number of rotatable bonds is 11. The van der Waals surface area contributed by atoms with Crippen molar-refractivity contribution in [3.8, 4) is 0 Å². The van der Waals surface area contributed by atoms with Crippen molar-refractivity contribution in [2.24, 2.45) is 11.8 Å². The molecule has 3 N–H and O–H groups in total. The van der Waals surface area contributed by atoms with Crippen molar-refractivity contribution in [1.29, 1.82) is 0 Å². The second kappa shape index (κ2) is 11.0. The van der Waals surface area contributed by atoms with Crippen LogP contribution in [0.3, 0.4) is 0 Å². The van der Waals surface area contributed by atoms with Gasteiger partial charge in [0.25, 0.3) is 5.56 Å². The first-order chi connectivity index (χ1) is 14.7. The number of carbonyl (C=O) groups excluding carboxylic acids is 2. The Morgan fingerprint density at radius 2 is 1.94 bits per heavy atom. The van der Waals surface area contributed by atoms with Crippen LogP contribution < -0.4 is 10.9 Å². The average Bonchev–Trinajstić information content (AvgIpc) is 3.14. The molecule has 12 heteroatoms. The van der Waals surface area contributed by atoms with Gasteiger partial charge in [-0.3, -0.25) is 29.3 Å². The molecule has 2 rings (SSSR count). The van der Waals surface area contributed by atoms with Gasteiger partial charge in [-0.25, -0.2) is 4.98 Å². The smallest absolute Gasteiger partial charge is 0.308 e. The molecule has 172 valence electrons. The van der Waals surface area contributed by atoms with Crippen molar-refractivity contribution in [3.05, 3.63) is 16.7 Å². The van der Waals surface area contributed by atoms with Crippen LogP contribution in [0.25, 0.3) is 11.2 Å². The van der Waals surface area contributed by atoms with E-state index < -0.39 is 30.5 Å². The Balaban J connectivity index is 2.31. The van der Waals surface area contributed by atoms with Gasteiger partial charge in [-0.15, -0.1) is 0 Å². The number of aromatic nitrogens is 4. The lowest BCUT2D eigenvalue weighted by molar-refractivity contribution is -0.160. The maximum Gasteiger partial charge on any atom is 0.308 e. The number of amides is 1. The summed E-state index contributed by atoms with van der Waals surface area (Å²) < 4.78 is 17.6. The van der Waals surface area contributed by atoms with Crippen molar-refractivity contribution in [1.82, 2.24) is 19.5 Å². The number of methoxy groups -OCH3 is 1. The molecular weight excluding hydrogens is 410 g/mol. The highest BCUT2D eigenvalue weighted by Gasteiger charge is 2.23. The molecule has 0 aliphatic carbocycles. The largest absolute Gasteiger partial charge is 0.463 e. The van der Waals surface area contributed by atoms with Gasteiger partial charge >= 0.3 is 5.97 Å². The molecule has 0 saturated heterocycles. The van der Waals surface area contributed by atoms with Crippen molar-refractivity contribution < 1.29 is 28.9 Å². The van der Waals surface area contributed by atoms with E-state index in [0.717, 1.165) is 0 Å². The lowest BCUT2D eigenvalue weighted by atomic mass is 10.2. The Morgan fingerprint density at radius 1 is 1.23 bits per heavy atom. The Labute approximate surface area is 178 Å². The zero-order chi connectivity index (χ0) is 23.1. The van der Waals surface area contributed by atoms with Crippen LogP contribution in [-0.2, 0) is 23.8 Å². The highest BCUT2D eigenvalue weighted by atomic mass is 16.6. The molecule has 2 heterocycles. The Bertz CT molecular complexity index is 953. The quantitative estimate of drug-likeness (QED) is 0.422. The maximum absolute atomic E-state index is 12.4. The number of anilines is 1. The summed E-state index contributed by atoms with van der Waals surface area (Å²) in [6, 6.07) is 0. The number of imidazole rings is 1. The minimum absolute atomic E-state index is 0.0290. The summed E-state index contributed by atoms with van der Waals surface area (Å²) in [5, 5.41) is 12.2. The third-order valence-electron chi connectivity index (χ3n) is 4.25. The zero-order valence-electron chi connectivity index (χ0n) is 18.2. The van der Waals surface area contributed by atoms with Crippen LogP contribution in [0.15, 0.2) is 11.1 Å². The lowest BCUT2D eigenvalue weighted by Crippen LogP contribution is -2.32. The molecule has 0 fully saturated rings. The van der Waals surface area contributed by atoms with Gasteiger partial charge in [-0.05, 0) is 0 Å². The zero-order valence-corrected chi connectivity index (χ0v) is 18.2. The molecule has 2 atom stereocenters. The molecule has 0 radical (unpaired) electrons. The normalized spacial score (nSPS) is 13.5. The number of hydrogen-bond donors (Lipinski definition) is 3. The molecule has 1 amide bonds. The van der Waals surface area contributed by atoms with Crippen LogP contribution in [0.2, 0.25) is 0 Å². The van der Waals surface area contributed by atoms with E-state index in [2.05, 4.69) is 20.3 Å². The van der Waals surface area contributed by atoms with Gasteiger partial charge < -0.3 is 19.3 Å². The number of hydrogen-bond acceptors (Lipinski definition) is 9. The Kier molecular flexibility index (Phi) is 8.65. The second-order valence-electron chi connectivity index (χ2n) is 7.52. The molecule has 0 spiro atoms. The third kappa shape index (κ3) is 6.32. The van der Waals surface area contributed by atoms with Crippen molar-refractivity contribution in [2.45, 2.75) is 40.0 Å². The first-order valence-corrected chi connectivity index (χ1v) is 9.87. The first-order valence-electron chi connectivity index (χ1n) is 9.87. The number of carbonyl (C=O) groups is 2. The number of nitrogens with zero attached hydrogens (tertiary/aromatic N) is 3. The van der Waals surface area contributed by atoms with E-state index in [1.165, 1.54) is 18.0 Å². The number of aliphatic hydroxyl groups is 1. The van der Waals surface area contributed by atoms with Crippen LogP contribution in [0.5, 0.6) is 0 Å². The van der Waals surface area contributed by atoms with Crippen molar-refractivity contribution in [3.63, 3.8) is 0 Å². The molecular formula is C19H29N5O7. The first kappa shape index (κ1) is 24.4. The molecule has 0 saturated carbocycles. The fraction of sp³-hybridized carbons (Fsp3) is 0.632. The molecule has 0 bridgehead atoms. The number of ether oxygens (including phenoxy) is 3. The van der Waals surface area contributed by atoms with Gasteiger partial charge in [0.15, 0.2) is 17.4 Å². The monoisotopic (exact) mass is 439 g/mol. The summed E-state index contributed by atoms with van der Waals surface area (Å²) in [5.41, 5.74) is -0.344. The molecule has 12 nitrogen and oxygen atoms in total. The van der Waals surface area contributed by atoms with Gasteiger partial charge in [-0.1, -0.05) is 27.7 Å². The van der Waals surface area contributed by atoms with Gasteiger partial charge in [-0.2, -0.15) is 4.98 Å². The van der Waals surface area contributed by atoms with Crippen LogP contribution >= 0.6 is 0 Å². The SMILES string of the molecule is COC[C@@H](O[C@H](CO)COC(=O)C(C)C)n1cnc2c(=O)[nH]c(NC(=O)C(C)C)nc21. The van der Waals surface area contributed by atoms with Crippen LogP contribution in [0, 0.1) is 11.8 Å². The molecule has 0 aliphatic heterocycles. The van der Waals surface area contributed by atoms with Gasteiger partial charge in [0.05, 0.1) is 25.5 Å². The highest BCUT2D eigenvalue weighted by molar-refractivity contribution is 5.91. The summed E-state index contributed by atoms with van der Waals surface area (Å²) in [5.74, 6) is -1.39. The van der Waals surface area contributed by atoms with E-state index in [1.54, 1.807) is 27.7 Å². The minimum atomic E-state index is -0.845. The molecule has 0 aromatic carbocycles. The van der Waals surface area contributed by atoms with Crippen molar-refractivity contribution in [2.75, 3.05) is 32.2 Å². The van der Waals surface area contributed by atoms with E-state index in [4.69, 9.17) is 14.2 Å². The summed E-state index contributed by atoms with van der Waals surface area (Å²) >= 11 is 0. The van der Waals surface area contributed by atoms with Crippen LogP contribution in [0.1, 0.15) is 33.9 Å². The Morgan fingerprint density at radius 3 is 2.52 bits per heavy atom. The summed E-state index contributed by atoms with van der Waals surface area (Å²) in [4.78, 5) is 46.9. The van der Waals surface area contributed by atoms with Gasteiger partial charge in [0.1, 0.15) is 12.7 Å². The standard InChI is InChI=1S/C19H29N5O7/c1-10(2)16(26)22-19-21-15-14(17(27)23-19)20-9-24(15)13(8-29-5)31-12(6-25)7-30-18(28)11(3)4/h9-13,25H,6-8H2,1-5H3,(H2,21,22,23,26,27)/t12-,13-/m1/s1. The molecule has 2 aromatic heterocycles. The fourth-order valence-electron chi connectivity index (χ4n) is 2.48. The average molecular weight is 439 g/mol. The second-order valence-corrected chi connectivity index (χ2v) is 7.52. The minimum Gasteiger partial charge on any atom is -0.463 e. The van der Waals surface area contributed by atoms with E-state index in [0.29, 0.717) is 0 Å². The number of fused-ring (bicyclic) bond motifs is 1. The third-order valence-corrected chi connectivity index (χ3v) is 4.25. The van der Waals surface area contributed by atoms with E-state index >= 15 is 0 Å². The molecule has 31 heavy (non-hydrogen) atoms. The number of nitrogens with one attached hydrogen (secondary N) is 2. The van der Waals surface area contributed by atoms with E-state index in [-0.39, 0.29) is 48.1 Å². The Hall–Kier alpha value is -2.83. The molecule has 0 aliphatic rings. The molecule has 0 unspecified atom stereocenters. The van der Waals surface area contributed by atoms with Gasteiger partial charge in [0, 0.05) is 13.0 Å². The van der Waals surface area contributed by atoms with E-state index in [9.17, 15) is 19.5 Å². The summed E-state index contributed by atoms with van der Waals surface area (Å²) in [7, 11) is 1.46. The molecule has 2 aromatic rings. The lowest BCUT2D eigenvalue weighted by Gasteiger charge is -2.24. The predicted octanol–water partition coefficient (Wildman–Crippen LogP) is 0.436. The number of esters is 1. The van der Waals surface area contributed by atoms with Crippen LogP contribution in [-0.4, -0.2) is 69.5 Å². The summed E-state index contributed by atoms with van der Waals surface area (Å²) in [6.07, 6.45) is -0.339. The predicted molar refractivity (Wildman–Crippen MR) is 110 cm³/mol. The number of aromatic amines is 1. The number of aliphatic hydroxyl groups excluding tert-OH is 1. The van der Waals surface area contributed by atoms with Crippen molar-refractivity contribution >= 4 is 29.0 Å². The fourth-order valence-corrected chi connectivity index (χ4v) is 2.48. The topological polar surface area (TPSA) is 158 Å². The number of H-pyrrole nitrogens is 1. The maximum atomic E-state index is 12.4. The highest BCUT2D eigenvalue weighted by Crippen LogP contribution is 2.19.